The van der Waals surface area contributed by atoms with Crippen molar-refractivity contribution in [3.63, 3.8) is 0 Å². The summed E-state index contributed by atoms with van der Waals surface area (Å²) >= 11 is 0. The molecule has 4 N–H and O–H groups in total. The number of rotatable bonds is 11. The molecule has 3 amide bonds. The van der Waals surface area contributed by atoms with Gasteiger partial charge in [0.2, 0.25) is 17.7 Å². The lowest BCUT2D eigenvalue weighted by Crippen LogP contribution is -2.57. The minimum Gasteiger partial charge on any atom is -0.376 e. The van der Waals surface area contributed by atoms with E-state index in [4.69, 9.17) is 5.73 Å². The Kier molecular flexibility index (Phi) is 9.50. The van der Waals surface area contributed by atoms with Crippen LogP contribution in [0.4, 0.5) is 11.4 Å². The molecule has 1 aliphatic rings. The van der Waals surface area contributed by atoms with Crippen molar-refractivity contribution < 1.29 is 14.4 Å². The minimum absolute atomic E-state index is 0.114. The molecule has 2 heterocycles. The monoisotopic (exact) mass is 534 g/mol. The van der Waals surface area contributed by atoms with Crippen molar-refractivity contribution in [3.05, 3.63) is 66.1 Å². The molecule has 1 aliphatic heterocycles. The number of carbonyl (C=O) groups excluding carboxylic acids is 3. The number of anilines is 2. The molecular weight excluding hydrogens is 492 g/mol. The van der Waals surface area contributed by atoms with E-state index in [2.05, 4.69) is 22.2 Å². The zero-order chi connectivity index (χ0) is 28.9. The third-order valence-electron chi connectivity index (χ3n) is 6.86. The molecule has 0 spiro atoms. The second kappa shape index (κ2) is 12.4. The maximum atomic E-state index is 14.0. The van der Waals surface area contributed by atoms with Crippen molar-refractivity contribution in [1.29, 1.82) is 0 Å². The Morgan fingerprint density at radius 3 is 2.51 bits per heavy atom. The Morgan fingerprint density at radius 1 is 1.23 bits per heavy atom. The molecule has 210 valence electrons. The Labute approximate surface area is 231 Å². The molecule has 1 aromatic carbocycles. The van der Waals surface area contributed by atoms with Gasteiger partial charge < -0.3 is 26.2 Å². The highest BCUT2D eigenvalue weighted by Gasteiger charge is 2.38. The van der Waals surface area contributed by atoms with E-state index >= 15 is 0 Å². The molecule has 0 aliphatic carbocycles. The minimum atomic E-state index is -0.785. The quantitative estimate of drug-likeness (QED) is 0.407. The smallest absolute Gasteiger partial charge is 0.250 e. The van der Waals surface area contributed by atoms with Crippen molar-refractivity contribution >= 4 is 29.1 Å². The van der Waals surface area contributed by atoms with Crippen LogP contribution in [0, 0.1) is 5.92 Å². The third-order valence-corrected chi connectivity index (χ3v) is 6.86. The van der Waals surface area contributed by atoms with Crippen LogP contribution in [0.5, 0.6) is 0 Å². The fourth-order valence-corrected chi connectivity index (χ4v) is 4.74. The first-order valence-electron chi connectivity index (χ1n) is 13.5. The summed E-state index contributed by atoms with van der Waals surface area (Å²) in [5, 5.41) is 6.19. The molecule has 0 fully saturated rings. The Balaban J connectivity index is 1.99. The van der Waals surface area contributed by atoms with Crippen molar-refractivity contribution in [1.82, 2.24) is 15.6 Å². The van der Waals surface area contributed by atoms with Gasteiger partial charge in [0.15, 0.2) is 0 Å². The summed E-state index contributed by atoms with van der Waals surface area (Å²) in [6, 6.07) is 9.82. The first-order chi connectivity index (χ1) is 18.3. The van der Waals surface area contributed by atoms with E-state index in [1.165, 1.54) is 6.92 Å². The maximum Gasteiger partial charge on any atom is 0.250 e. The van der Waals surface area contributed by atoms with Crippen LogP contribution in [0.1, 0.15) is 59.2 Å². The number of nitrogens with two attached hydrogens (primary N) is 1. The van der Waals surface area contributed by atoms with Crippen LogP contribution in [0.25, 0.3) is 0 Å². The standard InChI is InChI=1S/C30H42N6O3/c1-8-35(21(5)37)26-14-11-12-22-17-25(29(39)36(27(22)26)18-23-13-9-10-15-32-23)34-28(38)24(16-19(2)3)33-20(4)30(6,7)31/h9-15,19,24-25,33H,4,8,16-18,31H2,1-3,5-7H3,(H,34,38)/t24-,25?/m1/s1. The average Bonchev–Trinajstić information content (AvgIpc) is 2.86. The van der Waals surface area contributed by atoms with Crippen LogP contribution in [0.15, 0.2) is 54.9 Å². The van der Waals surface area contributed by atoms with E-state index in [0.29, 0.717) is 42.2 Å². The van der Waals surface area contributed by atoms with Gasteiger partial charge in [0.05, 0.1) is 23.6 Å². The third kappa shape index (κ3) is 7.23. The predicted octanol–water partition coefficient (Wildman–Crippen LogP) is 3.28. The van der Waals surface area contributed by atoms with E-state index in [-0.39, 0.29) is 30.2 Å². The molecule has 0 saturated carbocycles. The maximum absolute atomic E-state index is 14.0. The lowest BCUT2D eigenvalue weighted by atomic mass is 9.94. The van der Waals surface area contributed by atoms with E-state index in [1.54, 1.807) is 16.0 Å². The molecule has 0 saturated heterocycles. The van der Waals surface area contributed by atoms with Gasteiger partial charge in [0.1, 0.15) is 12.1 Å². The van der Waals surface area contributed by atoms with Crippen LogP contribution in [0.2, 0.25) is 0 Å². The zero-order valence-electron chi connectivity index (χ0n) is 24.0. The summed E-state index contributed by atoms with van der Waals surface area (Å²) in [6.45, 7) is 15.8. The number of carbonyl (C=O) groups is 3. The average molecular weight is 535 g/mol. The number of aromatic nitrogens is 1. The van der Waals surface area contributed by atoms with Gasteiger partial charge in [0, 0.05) is 37.3 Å². The number of fused-ring (bicyclic) bond motifs is 1. The van der Waals surface area contributed by atoms with Crippen molar-refractivity contribution in [3.8, 4) is 0 Å². The van der Waals surface area contributed by atoms with Crippen LogP contribution in [-0.4, -0.2) is 46.9 Å². The Morgan fingerprint density at radius 2 is 1.95 bits per heavy atom. The summed E-state index contributed by atoms with van der Waals surface area (Å²) in [6.07, 6.45) is 2.53. The largest absolute Gasteiger partial charge is 0.376 e. The number of benzene rings is 1. The summed E-state index contributed by atoms with van der Waals surface area (Å²) in [5.74, 6) is -0.435. The summed E-state index contributed by atoms with van der Waals surface area (Å²) in [4.78, 5) is 47.7. The zero-order valence-corrected chi connectivity index (χ0v) is 24.0. The number of para-hydroxylation sites is 1. The summed E-state index contributed by atoms with van der Waals surface area (Å²) < 4.78 is 0. The molecule has 1 unspecified atom stereocenters. The Hall–Kier alpha value is -3.72. The van der Waals surface area contributed by atoms with Gasteiger partial charge >= 0.3 is 0 Å². The van der Waals surface area contributed by atoms with Gasteiger partial charge in [-0.05, 0) is 56.9 Å². The van der Waals surface area contributed by atoms with Gasteiger partial charge in [-0.1, -0.05) is 38.6 Å². The summed E-state index contributed by atoms with van der Waals surface area (Å²) in [5.41, 5.74) is 8.93. The molecule has 9 heteroatoms. The normalized spacial score (nSPS) is 15.9. The molecule has 9 nitrogen and oxygen atoms in total. The fraction of sp³-hybridized carbons (Fsp3) is 0.467. The molecule has 1 aromatic heterocycles. The molecule has 0 radical (unpaired) electrons. The number of pyridine rings is 1. The van der Waals surface area contributed by atoms with E-state index in [9.17, 15) is 14.4 Å². The van der Waals surface area contributed by atoms with Crippen LogP contribution < -0.4 is 26.2 Å². The van der Waals surface area contributed by atoms with Gasteiger partial charge in [-0.3, -0.25) is 19.4 Å². The number of nitrogens with one attached hydrogen (secondary N) is 2. The van der Waals surface area contributed by atoms with E-state index in [1.807, 2.05) is 71.0 Å². The van der Waals surface area contributed by atoms with Crippen molar-refractivity contribution in [2.24, 2.45) is 11.7 Å². The molecular formula is C30H42N6O3. The molecule has 2 aromatic rings. The predicted molar refractivity (Wildman–Crippen MR) is 155 cm³/mol. The molecule has 39 heavy (non-hydrogen) atoms. The highest BCUT2D eigenvalue weighted by Crippen LogP contribution is 2.38. The van der Waals surface area contributed by atoms with Crippen LogP contribution >= 0.6 is 0 Å². The lowest BCUT2D eigenvalue weighted by molar-refractivity contribution is -0.129. The van der Waals surface area contributed by atoms with E-state index < -0.39 is 17.6 Å². The van der Waals surface area contributed by atoms with Crippen molar-refractivity contribution in [2.75, 3.05) is 16.3 Å². The lowest BCUT2D eigenvalue weighted by Gasteiger charge is -2.38. The SMILES string of the molecule is C=C(N[C@H](CC(C)C)C(=O)NC1Cc2cccc(N(CC)C(C)=O)c2N(Cc2ccccn2)C1=O)C(C)(C)N. The fourth-order valence-electron chi connectivity index (χ4n) is 4.74. The number of hydrogen-bond acceptors (Lipinski definition) is 6. The molecule has 0 bridgehead atoms. The molecule has 2 atom stereocenters. The highest BCUT2D eigenvalue weighted by molar-refractivity contribution is 6.07. The highest BCUT2D eigenvalue weighted by atomic mass is 16.2. The topological polar surface area (TPSA) is 121 Å². The van der Waals surface area contributed by atoms with Crippen LogP contribution in [0.3, 0.4) is 0 Å². The van der Waals surface area contributed by atoms with Gasteiger partial charge in [0.25, 0.3) is 0 Å². The van der Waals surface area contributed by atoms with Gasteiger partial charge in [-0.25, -0.2) is 0 Å². The number of nitrogens with zero attached hydrogens (tertiary/aromatic N) is 3. The second-order valence-corrected chi connectivity index (χ2v) is 11.1. The Bertz CT molecular complexity index is 1200. The molecule has 3 rings (SSSR count). The first-order valence-corrected chi connectivity index (χ1v) is 13.5. The first kappa shape index (κ1) is 29.8. The second-order valence-electron chi connectivity index (χ2n) is 11.1. The van der Waals surface area contributed by atoms with E-state index in [0.717, 1.165) is 5.56 Å². The number of amides is 3. The summed E-state index contributed by atoms with van der Waals surface area (Å²) in [7, 11) is 0. The van der Waals surface area contributed by atoms with Gasteiger partial charge in [-0.15, -0.1) is 0 Å². The van der Waals surface area contributed by atoms with Crippen LogP contribution in [-0.2, 0) is 27.3 Å². The number of hydrogen-bond donors (Lipinski definition) is 3. The van der Waals surface area contributed by atoms with Crippen molar-refractivity contribution in [2.45, 2.75) is 78.6 Å². The van der Waals surface area contributed by atoms with Gasteiger partial charge in [-0.2, -0.15) is 0 Å².